The molecule has 0 fully saturated rings. The smallest absolute Gasteiger partial charge is 0.308 e. The van der Waals surface area contributed by atoms with Crippen LogP contribution in [0.2, 0.25) is 0 Å². The van der Waals surface area contributed by atoms with Gasteiger partial charge in [0.05, 0.1) is 5.92 Å². The van der Waals surface area contributed by atoms with Crippen LogP contribution in [-0.4, -0.2) is 20.6 Å². The van der Waals surface area contributed by atoms with Crippen molar-refractivity contribution in [2.45, 2.75) is 13.0 Å². The molecule has 2 rings (SSSR count). The minimum absolute atomic E-state index is 0.265. The van der Waals surface area contributed by atoms with Gasteiger partial charge >= 0.3 is 5.97 Å². The molecule has 0 spiro atoms. The lowest BCUT2D eigenvalue weighted by Crippen LogP contribution is -2.14. The second kappa shape index (κ2) is 2.08. The van der Waals surface area contributed by atoms with Crippen LogP contribution in [0, 0.1) is 5.92 Å². The lowest BCUT2D eigenvalue weighted by molar-refractivity contribution is -0.141. The molecular weight excluding hydrogens is 144 g/mol. The van der Waals surface area contributed by atoms with Gasteiger partial charge in [0.25, 0.3) is 0 Å². The topological polar surface area (TPSA) is 55.1 Å². The van der Waals surface area contributed by atoms with E-state index in [0.717, 1.165) is 5.82 Å². The second-order valence-electron chi connectivity index (χ2n) is 2.74. The minimum Gasteiger partial charge on any atom is -0.481 e. The van der Waals surface area contributed by atoms with Crippen molar-refractivity contribution in [3.63, 3.8) is 0 Å². The van der Waals surface area contributed by atoms with E-state index in [4.69, 9.17) is 5.11 Å². The molecule has 0 amide bonds. The Hall–Kier alpha value is -1.32. The molecule has 0 saturated carbocycles. The first kappa shape index (κ1) is 6.39. The van der Waals surface area contributed by atoms with Crippen molar-refractivity contribution in [2.75, 3.05) is 0 Å². The third-order valence-electron chi connectivity index (χ3n) is 2.00. The van der Waals surface area contributed by atoms with Gasteiger partial charge in [-0.05, 0) is 0 Å². The third kappa shape index (κ3) is 0.906. The summed E-state index contributed by atoms with van der Waals surface area (Å²) in [6.07, 6.45) is 4.09. The summed E-state index contributed by atoms with van der Waals surface area (Å²) in [5, 5.41) is 8.66. The molecule has 1 aliphatic heterocycles. The number of hydrogen-bond donors (Lipinski definition) is 1. The van der Waals surface area contributed by atoms with E-state index in [1.54, 1.807) is 6.20 Å². The van der Waals surface area contributed by atoms with E-state index < -0.39 is 5.97 Å². The van der Waals surface area contributed by atoms with E-state index in [2.05, 4.69) is 4.98 Å². The molecular formula is C7H8N2O2. The highest BCUT2D eigenvalue weighted by molar-refractivity contribution is 5.70. The summed E-state index contributed by atoms with van der Waals surface area (Å²) in [5.41, 5.74) is 0. The molecule has 1 N–H and O–H groups in total. The molecule has 4 nitrogen and oxygen atoms in total. The molecule has 1 aliphatic rings. The normalized spacial score (nSPS) is 21.6. The van der Waals surface area contributed by atoms with Gasteiger partial charge in [-0.15, -0.1) is 0 Å². The fraction of sp³-hybridized carbons (Fsp3) is 0.429. The van der Waals surface area contributed by atoms with E-state index in [1.807, 2.05) is 10.8 Å². The molecule has 1 atom stereocenters. The Labute approximate surface area is 63.5 Å². The molecule has 0 saturated heterocycles. The predicted octanol–water partition coefficient (Wildman–Crippen LogP) is 0.140. The van der Waals surface area contributed by atoms with E-state index in [0.29, 0.717) is 13.0 Å². The number of fused-ring (bicyclic) bond motifs is 1. The molecule has 58 valence electrons. The largest absolute Gasteiger partial charge is 0.481 e. The van der Waals surface area contributed by atoms with Crippen LogP contribution in [0.4, 0.5) is 0 Å². The average Bonchev–Trinajstić information content (AvgIpc) is 2.40. The molecule has 0 aliphatic carbocycles. The van der Waals surface area contributed by atoms with Gasteiger partial charge in [0.1, 0.15) is 5.82 Å². The second-order valence-corrected chi connectivity index (χ2v) is 2.74. The van der Waals surface area contributed by atoms with Crippen LogP contribution in [-0.2, 0) is 17.8 Å². The molecule has 4 heteroatoms. The van der Waals surface area contributed by atoms with Crippen LogP contribution < -0.4 is 0 Å². The number of carbonyl (C=O) groups is 1. The quantitative estimate of drug-likeness (QED) is 0.622. The van der Waals surface area contributed by atoms with E-state index in [1.165, 1.54) is 0 Å². The molecule has 0 aromatic carbocycles. The van der Waals surface area contributed by atoms with Crippen molar-refractivity contribution in [1.82, 2.24) is 9.55 Å². The highest BCUT2D eigenvalue weighted by atomic mass is 16.4. The van der Waals surface area contributed by atoms with Crippen molar-refractivity contribution < 1.29 is 9.90 Å². The molecule has 0 bridgehead atoms. The summed E-state index contributed by atoms with van der Waals surface area (Å²) >= 11 is 0. The maximum Gasteiger partial charge on any atom is 0.308 e. The summed E-state index contributed by atoms with van der Waals surface area (Å²) in [6.45, 7) is 0.574. The minimum atomic E-state index is -0.726. The van der Waals surface area contributed by atoms with Gasteiger partial charge in [-0.3, -0.25) is 4.79 Å². The average molecular weight is 152 g/mol. The SMILES string of the molecule is O=C(O)[C@@H]1Cc2nccn2C1. The van der Waals surface area contributed by atoms with Gasteiger partial charge in [-0.1, -0.05) is 0 Å². The van der Waals surface area contributed by atoms with Gasteiger partial charge in [-0.2, -0.15) is 0 Å². The molecule has 11 heavy (non-hydrogen) atoms. The van der Waals surface area contributed by atoms with Crippen molar-refractivity contribution >= 4 is 5.97 Å². The van der Waals surface area contributed by atoms with Gasteiger partial charge in [0.15, 0.2) is 0 Å². The van der Waals surface area contributed by atoms with Crippen LogP contribution in [0.1, 0.15) is 5.82 Å². The Balaban J connectivity index is 2.22. The Bertz CT molecular complexity index is 272. The maximum atomic E-state index is 10.5. The standard InChI is InChI=1S/C7H8N2O2/c10-7(11)5-3-6-8-1-2-9(6)4-5/h1-2,5H,3-4H2,(H,10,11)/t5-/m1/s1. The predicted molar refractivity (Wildman–Crippen MR) is 37.1 cm³/mol. The molecule has 1 aromatic heterocycles. The van der Waals surface area contributed by atoms with Crippen LogP contribution in [0.5, 0.6) is 0 Å². The van der Waals surface area contributed by atoms with Gasteiger partial charge < -0.3 is 9.67 Å². The molecule has 1 aromatic rings. The first-order chi connectivity index (χ1) is 5.27. The molecule has 2 heterocycles. The highest BCUT2D eigenvalue weighted by Crippen LogP contribution is 2.18. The molecule has 0 radical (unpaired) electrons. The zero-order chi connectivity index (χ0) is 7.84. The number of carboxylic acids is 1. The number of aliphatic carboxylic acids is 1. The Morgan fingerprint density at radius 2 is 2.64 bits per heavy atom. The zero-order valence-electron chi connectivity index (χ0n) is 5.90. The summed E-state index contributed by atoms with van der Waals surface area (Å²) in [5.74, 6) is -0.105. The van der Waals surface area contributed by atoms with E-state index in [9.17, 15) is 4.79 Å². The van der Waals surface area contributed by atoms with Crippen LogP contribution in [0.3, 0.4) is 0 Å². The number of carboxylic acid groups (broad SMARTS) is 1. The third-order valence-corrected chi connectivity index (χ3v) is 2.00. The van der Waals surface area contributed by atoms with Crippen LogP contribution >= 0.6 is 0 Å². The van der Waals surface area contributed by atoms with Crippen molar-refractivity contribution in [1.29, 1.82) is 0 Å². The van der Waals surface area contributed by atoms with Crippen molar-refractivity contribution in [2.24, 2.45) is 5.92 Å². The first-order valence-corrected chi connectivity index (χ1v) is 3.50. The summed E-state index contributed by atoms with van der Waals surface area (Å²) in [6, 6.07) is 0. The number of nitrogens with zero attached hydrogens (tertiary/aromatic N) is 2. The van der Waals surface area contributed by atoms with Crippen molar-refractivity contribution in [3.8, 4) is 0 Å². The Morgan fingerprint density at radius 1 is 1.82 bits per heavy atom. The Morgan fingerprint density at radius 3 is 3.27 bits per heavy atom. The highest BCUT2D eigenvalue weighted by Gasteiger charge is 2.27. The number of imidazole rings is 1. The van der Waals surface area contributed by atoms with Crippen LogP contribution in [0.15, 0.2) is 12.4 Å². The van der Waals surface area contributed by atoms with Gasteiger partial charge in [0.2, 0.25) is 0 Å². The Kier molecular flexibility index (Phi) is 1.21. The van der Waals surface area contributed by atoms with E-state index in [-0.39, 0.29) is 5.92 Å². The van der Waals surface area contributed by atoms with Crippen molar-refractivity contribution in [3.05, 3.63) is 18.2 Å². The van der Waals surface area contributed by atoms with Gasteiger partial charge in [-0.25, -0.2) is 4.98 Å². The lowest BCUT2D eigenvalue weighted by Gasteiger charge is -1.98. The fourth-order valence-corrected chi connectivity index (χ4v) is 1.38. The summed E-state index contributed by atoms with van der Waals surface area (Å²) in [4.78, 5) is 14.6. The lowest BCUT2D eigenvalue weighted by atomic mass is 10.1. The monoisotopic (exact) mass is 152 g/mol. The summed E-state index contributed by atoms with van der Waals surface area (Å²) in [7, 11) is 0. The number of aromatic nitrogens is 2. The molecule has 0 unspecified atom stereocenters. The maximum absolute atomic E-state index is 10.5. The van der Waals surface area contributed by atoms with Gasteiger partial charge in [0, 0.05) is 25.4 Å². The fourth-order valence-electron chi connectivity index (χ4n) is 1.38. The number of rotatable bonds is 1. The number of hydrogen-bond acceptors (Lipinski definition) is 2. The van der Waals surface area contributed by atoms with Crippen LogP contribution in [0.25, 0.3) is 0 Å². The zero-order valence-corrected chi connectivity index (χ0v) is 5.90. The first-order valence-electron chi connectivity index (χ1n) is 3.50. The van der Waals surface area contributed by atoms with E-state index >= 15 is 0 Å². The summed E-state index contributed by atoms with van der Waals surface area (Å²) < 4.78 is 1.89.